The predicted octanol–water partition coefficient (Wildman–Crippen LogP) is 3.61. The highest BCUT2D eigenvalue weighted by molar-refractivity contribution is 5.76. The smallest absolute Gasteiger partial charge is 0.202 e. The van der Waals surface area contributed by atoms with Crippen molar-refractivity contribution >= 4 is 11.0 Å². The van der Waals surface area contributed by atoms with E-state index < -0.39 is 0 Å². The molecule has 0 spiro atoms. The first-order valence-electron chi connectivity index (χ1n) is 10.8. The molecule has 6 heteroatoms. The Bertz CT molecular complexity index is 968. The topological polar surface area (TPSA) is 72.9 Å². The van der Waals surface area contributed by atoms with Crippen molar-refractivity contribution in [1.82, 2.24) is 24.6 Å². The van der Waals surface area contributed by atoms with Crippen molar-refractivity contribution in [2.24, 2.45) is 5.73 Å². The van der Waals surface area contributed by atoms with Crippen LogP contribution in [-0.2, 0) is 0 Å². The van der Waals surface area contributed by atoms with E-state index in [0.29, 0.717) is 11.6 Å². The molecule has 1 aliphatic heterocycles. The molecule has 5 rings (SSSR count). The van der Waals surface area contributed by atoms with Crippen LogP contribution in [0.1, 0.15) is 44.6 Å². The summed E-state index contributed by atoms with van der Waals surface area (Å²) in [5.41, 5.74) is 9.82. The van der Waals surface area contributed by atoms with Crippen molar-refractivity contribution in [3.63, 3.8) is 0 Å². The highest BCUT2D eigenvalue weighted by atomic mass is 15.3. The number of likely N-dealkylation sites (tertiary alicyclic amines) is 1. The fourth-order valence-electron chi connectivity index (χ4n) is 4.66. The fourth-order valence-corrected chi connectivity index (χ4v) is 4.66. The van der Waals surface area contributed by atoms with Gasteiger partial charge in [0.05, 0.1) is 35.2 Å². The number of nitrogens with zero attached hydrogens (tertiary/aromatic N) is 5. The maximum absolute atomic E-state index is 5.67. The molecule has 2 fully saturated rings. The summed E-state index contributed by atoms with van der Waals surface area (Å²) in [7, 11) is 0. The number of fused-ring (bicyclic) bond motifs is 1. The van der Waals surface area contributed by atoms with Gasteiger partial charge in [-0.25, -0.2) is 4.98 Å². The lowest BCUT2D eigenvalue weighted by Crippen LogP contribution is -2.43. The van der Waals surface area contributed by atoms with Gasteiger partial charge < -0.3 is 5.73 Å². The highest BCUT2D eigenvalue weighted by Crippen LogP contribution is 2.46. The van der Waals surface area contributed by atoms with E-state index in [0.717, 1.165) is 61.2 Å². The van der Waals surface area contributed by atoms with Crippen LogP contribution in [0.5, 0.6) is 0 Å². The molecule has 2 aromatic heterocycles. The number of hydrogen-bond acceptors (Lipinski definition) is 5. The number of hydrogen-bond donors (Lipinski definition) is 1. The number of aromatic nitrogens is 4. The molecular formula is C23H29N6+. The van der Waals surface area contributed by atoms with Gasteiger partial charge in [0.1, 0.15) is 12.8 Å². The van der Waals surface area contributed by atoms with Gasteiger partial charge in [-0.05, 0) is 44.4 Å². The molecule has 3 aromatic rings. The van der Waals surface area contributed by atoms with Crippen molar-refractivity contribution in [3.05, 3.63) is 49.3 Å². The predicted molar refractivity (Wildman–Crippen MR) is 115 cm³/mol. The van der Waals surface area contributed by atoms with Crippen molar-refractivity contribution in [2.75, 3.05) is 19.6 Å². The van der Waals surface area contributed by atoms with Crippen molar-refractivity contribution in [2.45, 2.75) is 50.1 Å². The number of benzene rings is 1. The Morgan fingerprint density at radius 2 is 1.90 bits per heavy atom. The number of rotatable bonds is 7. The molecule has 29 heavy (non-hydrogen) atoms. The first-order valence-corrected chi connectivity index (χ1v) is 10.8. The van der Waals surface area contributed by atoms with Crippen LogP contribution in [0.2, 0.25) is 0 Å². The third kappa shape index (κ3) is 3.74. The summed E-state index contributed by atoms with van der Waals surface area (Å²) in [6.07, 6.45) is 15.6. The van der Waals surface area contributed by atoms with E-state index >= 15 is 0 Å². The quantitative estimate of drug-likeness (QED) is 0.494. The van der Waals surface area contributed by atoms with Gasteiger partial charge in [0.2, 0.25) is 5.54 Å². The van der Waals surface area contributed by atoms with Crippen LogP contribution in [-0.4, -0.2) is 49.8 Å². The normalized spacial score (nSPS) is 22.7. The number of unbranched alkanes of at least 4 members (excludes halogenated alkanes) is 1. The van der Waals surface area contributed by atoms with Crippen LogP contribution in [0.15, 0.2) is 42.9 Å². The molecule has 2 N–H and O–H groups in total. The van der Waals surface area contributed by atoms with E-state index in [-0.39, 0.29) is 0 Å². The van der Waals surface area contributed by atoms with Gasteiger partial charge in [-0.2, -0.15) is 5.10 Å². The van der Waals surface area contributed by atoms with Crippen LogP contribution in [0, 0.1) is 6.42 Å². The zero-order chi connectivity index (χ0) is 19.7. The maximum Gasteiger partial charge on any atom is 0.202 e. The lowest BCUT2D eigenvalue weighted by atomic mass is 9.99. The van der Waals surface area contributed by atoms with Gasteiger partial charge in [0.15, 0.2) is 0 Å². The molecule has 2 aliphatic rings. The van der Waals surface area contributed by atoms with Crippen molar-refractivity contribution < 1.29 is 0 Å². The van der Waals surface area contributed by atoms with Crippen molar-refractivity contribution in [3.8, 4) is 11.3 Å². The SMILES string of the molecule is NCCCCC1(N2CCC(n3cc(-c4cnc5ccccc5n4)cn3)CC2)[CH+]C1. The molecule has 6 nitrogen and oxygen atoms in total. The number of piperidine rings is 1. The monoisotopic (exact) mass is 389 g/mol. The lowest BCUT2D eigenvalue weighted by Gasteiger charge is -2.34. The Kier molecular flexibility index (Phi) is 4.97. The minimum atomic E-state index is 0.371. The molecule has 150 valence electrons. The Balaban J connectivity index is 1.23. The summed E-state index contributed by atoms with van der Waals surface area (Å²) < 4.78 is 2.14. The van der Waals surface area contributed by atoms with Crippen LogP contribution in [0.4, 0.5) is 0 Å². The van der Waals surface area contributed by atoms with E-state index in [9.17, 15) is 0 Å². The largest absolute Gasteiger partial charge is 0.330 e. The van der Waals surface area contributed by atoms with Gasteiger partial charge in [0.25, 0.3) is 0 Å². The molecular weight excluding hydrogens is 360 g/mol. The Labute approximate surface area is 172 Å². The van der Waals surface area contributed by atoms with E-state index in [1.165, 1.54) is 19.3 Å². The van der Waals surface area contributed by atoms with E-state index in [1.54, 1.807) is 0 Å². The van der Waals surface area contributed by atoms with Crippen LogP contribution >= 0.6 is 0 Å². The molecule has 0 amide bonds. The molecule has 1 unspecified atom stereocenters. The van der Waals surface area contributed by atoms with Crippen LogP contribution < -0.4 is 5.73 Å². The molecule has 0 bridgehead atoms. The zero-order valence-electron chi connectivity index (χ0n) is 16.9. The van der Waals surface area contributed by atoms with Gasteiger partial charge in [0, 0.05) is 31.3 Å². The van der Waals surface area contributed by atoms with Gasteiger partial charge in [-0.1, -0.05) is 12.1 Å². The Hall–Kier alpha value is -2.44. The third-order valence-electron chi connectivity index (χ3n) is 6.55. The number of para-hydroxylation sites is 2. The maximum atomic E-state index is 5.67. The summed E-state index contributed by atoms with van der Waals surface area (Å²) in [4.78, 5) is 12.0. The van der Waals surface area contributed by atoms with Crippen LogP contribution in [0.25, 0.3) is 22.3 Å². The number of nitrogens with two attached hydrogens (primary N) is 1. The molecule has 0 radical (unpaired) electrons. The van der Waals surface area contributed by atoms with Crippen molar-refractivity contribution in [1.29, 1.82) is 0 Å². The first-order chi connectivity index (χ1) is 14.3. The van der Waals surface area contributed by atoms with Crippen LogP contribution in [0.3, 0.4) is 0 Å². The average molecular weight is 390 g/mol. The van der Waals surface area contributed by atoms with E-state index in [4.69, 9.17) is 10.7 Å². The van der Waals surface area contributed by atoms with E-state index in [2.05, 4.69) is 32.3 Å². The summed E-state index contributed by atoms with van der Waals surface area (Å²) >= 11 is 0. The van der Waals surface area contributed by atoms with Gasteiger partial charge in [-0.15, -0.1) is 0 Å². The zero-order valence-corrected chi connectivity index (χ0v) is 16.9. The summed E-state index contributed by atoms with van der Waals surface area (Å²) in [6, 6.07) is 8.45. The summed E-state index contributed by atoms with van der Waals surface area (Å²) in [6.45, 7) is 3.10. The Morgan fingerprint density at radius 1 is 1.10 bits per heavy atom. The second-order valence-corrected chi connectivity index (χ2v) is 8.43. The molecule has 1 saturated heterocycles. The summed E-state index contributed by atoms with van der Waals surface area (Å²) in [5.74, 6) is 0. The fraction of sp³-hybridized carbons (Fsp3) is 0.478. The average Bonchev–Trinajstić information content (AvgIpc) is 3.40. The standard InChI is InChI=1S/C23H29N6/c24-12-4-3-9-23(10-11-23)28-13-7-19(8-14-28)29-17-18(15-26-29)22-16-25-20-5-1-2-6-21(20)27-22/h1-2,5-6,10,15-17,19H,3-4,7-9,11-14,24H2/q+1. The second-order valence-electron chi connectivity index (χ2n) is 8.43. The first kappa shape index (κ1) is 18.6. The Morgan fingerprint density at radius 3 is 2.66 bits per heavy atom. The third-order valence-corrected chi connectivity index (χ3v) is 6.55. The molecule has 1 atom stereocenters. The minimum absolute atomic E-state index is 0.371. The molecule has 1 aromatic carbocycles. The molecule has 1 saturated carbocycles. The second kappa shape index (κ2) is 7.76. The highest BCUT2D eigenvalue weighted by Gasteiger charge is 2.59. The molecule has 3 heterocycles. The lowest BCUT2D eigenvalue weighted by molar-refractivity contribution is 0.115. The summed E-state index contributed by atoms with van der Waals surface area (Å²) in [5, 5.41) is 4.67. The molecule has 1 aliphatic carbocycles. The van der Waals surface area contributed by atoms with E-state index in [1.807, 2.05) is 36.7 Å². The minimum Gasteiger partial charge on any atom is -0.330 e. The van der Waals surface area contributed by atoms with Gasteiger partial charge >= 0.3 is 0 Å². The van der Waals surface area contributed by atoms with Gasteiger partial charge in [-0.3, -0.25) is 14.6 Å².